The van der Waals surface area contributed by atoms with E-state index in [1.807, 2.05) is 36.4 Å². The fourth-order valence-corrected chi connectivity index (χ4v) is 4.67. The third-order valence-corrected chi connectivity index (χ3v) is 6.47. The molecule has 5 heteroatoms. The minimum atomic E-state index is -0.367. The molecule has 0 unspecified atom stereocenters. The van der Waals surface area contributed by atoms with Crippen LogP contribution in [0.3, 0.4) is 0 Å². The molecule has 156 valence electrons. The van der Waals surface area contributed by atoms with E-state index >= 15 is 0 Å². The maximum atomic E-state index is 13.0. The molecule has 1 heterocycles. The Hall–Kier alpha value is -3.11. The van der Waals surface area contributed by atoms with E-state index in [2.05, 4.69) is 12.1 Å². The van der Waals surface area contributed by atoms with E-state index in [0.29, 0.717) is 36.5 Å². The second-order valence-corrected chi connectivity index (χ2v) is 8.50. The number of fused-ring (bicyclic) bond motifs is 3. The van der Waals surface area contributed by atoms with Crippen molar-refractivity contribution in [2.75, 3.05) is 13.1 Å². The van der Waals surface area contributed by atoms with Gasteiger partial charge in [0.25, 0.3) is 5.91 Å². The Balaban J connectivity index is 1.26. The molecule has 0 spiro atoms. The number of benzene rings is 3. The van der Waals surface area contributed by atoms with E-state index in [1.165, 1.54) is 0 Å². The van der Waals surface area contributed by atoms with Gasteiger partial charge < -0.3 is 9.64 Å². The van der Waals surface area contributed by atoms with Gasteiger partial charge in [-0.3, -0.25) is 9.59 Å². The molecule has 31 heavy (non-hydrogen) atoms. The molecule has 0 radical (unpaired) electrons. The van der Waals surface area contributed by atoms with Crippen LogP contribution in [0.4, 0.5) is 0 Å². The summed E-state index contributed by atoms with van der Waals surface area (Å²) in [6.07, 6.45) is 0.844. The zero-order valence-electron chi connectivity index (χ0n) is 17.0. The van der Waals surface area contributed by atoms with Crippen LogP contribution in [-0.2, 0) is 9.53 Å². The molecule has 0 aromatic heterocycles. The average molecular weight is 432 g/mol. The first-order chi connectivity index (χ1) is 15.1. The number of piperidine rings is 1. The molecule has 0 saturated carbocycles. The lowest BCUT2D eigenvalue weighted by molar-refractivity contribution is -0.153. The van der Waals surface area contributed by atoms with Gasteiger partial charge in [-0.05, 0) is 48.2 Å². The lowest BCUT2D eigenvalue weighted by Gasteiger charge is -2.31. The summed E-state index contributed by atoms with van der Waals surface area (Å²) in [4.78, 5) is 27.5. The van der Waals surface area contributed by atoms with E-state index in [0.717, 1.165) is 22.3 Å². The fourth-order valence-electron chi connectivity index (χ4n) is 4.54. The highest BCUT2D eigenvalue weighted by molar-refractivity contribution is 6.30. The van der Waals surface area contributed by atoms with E-state index in [1.54, 1.807) is 29.2 Å². The Morgan fingerprint density at radius 1 is 0.806 bits per heavy atom. The summed E-state index contributed by atoms with van der Waals surface area (Å²) in [5.41, 5.74) is 4.93. The number of carbonyl (C=O) groups excluding carboxylic acids is 2. The van der Waals surface area contributed by atoms with Crippen molar-refractivity contribution in [2.45, 2.75) is 18.9 Å². The van der Waals surface area contributed by atoms with Gasteiger partial charge in [-0.25, -0.2) is 0 Å². The maximum Gasteiger partial charge on any atom is 0.310 e. The molecule has 0 N–H and O–H groups in total. The lowest BCUT2D eigenvalue weighted by atomic mass is 9.96. The summed E-state index contributed by atoms with van der Waals surface area (Å²) >= 11 is 5.91. The van der Waals surface area contributed by atoms with Crippen LogP contribution in [0.15, 0.2) is 72.8 Å². The Labute approximate surface area is 186 Å². The summed E-state index contributed by atoms with van der Waals surface area (Å²) in [5, 5.41) is 0.605. The number of esters is 1. The predicted octanol–water partition coefficient (Wildman–Crippen LogP) is 5.51. The average Bonchev–Trinajstić information content (AvgIpc) is 3.13. The number of likely N-dealkylation sites (tertiary alicyclic amines) is 1. The van der Waals surface area contributed by atoms with Gasteiger partial charge in [0, 0.05) is 34.8 Å². The number of amides is 1. The number of rotatable bonds is 3. The Bertz CT molecular complexity index is 1090. The van der Waals surface area contributed by atoms with Gasteiger partial charge in [0.1, 0.15) is 0 Å². The second kappa shape index (κ2) is 8.20. The Morgan fingerprint density at radius 3 is 1.94 bits per heavy atom. The van der Waals surface area contributed by atoms with Gasteiger partial charge in [0.2, 0.25) is 0 Å². The van der Waals surface area contributed by atoms with Crippen LogP contribution in [0.25, 0.3) is 11.1 Å². The highest BCUT2D eigenvalue weighted by Crippen LogP contribution is 2.45. The molecule has 5 rings (SSSR count). The monoisotopic (exact) mass is 431 g/mol. The quantitative estimate of drug-likeness (QED) is 0.514. The summed E-state index contributed by atoms with van der Waals surface area (Å²) < 4.78 is 6.04. The highest BCUT2D eigenvalue weighted by Gasteiger charge is 2.35. The summed E-state index contributed by atoms with van der Waals surface area (Å²) in [7, 11) is 0. The summed E-state index contributed by atoms with van der Waals surface area (Å²) in [5.74, 6) is -0.411. The van der Waals surface area contributed by atoms with Gasteiger partial charge in [-0.1, -0.05) is 60.1 Å². The molecule has 1 aliphatic heterocycles. The largest absolute Gasteiger partial charge is 0.452 e. The normalized spacial score (nSPS) is 16.0. The molecule has 1 fully saturated rings. The van der Waals surface area contributed by atoms with Crippen LogP contribution in [0.2, 0.25) is 5.02 Å². The molecule has 3 aromatic rings. The molecule has 0 bridgehead atoms. The van der Waals surface area contributed by atoms with Crippen LogP contribution in [-0.4, -0.2) is 29.9 Å². The second-order valence-electron chi connectivity index (χ2n) is 8.06. The number of halogens is 1. The van der Waals surface area contributed by atoms with E-state index < -0.39 is 0 Å². The molecule has 0 atom stereocenters. The van der Waals surface area contributed by atoms with Crippen LogP contribution >= 0.6 is 11.6 Å². The molecular weight excluding hydrogens is 410 g/mol. The first-order valence-electron chi connectivity index (χ1n) is 10.6. The van der Waals surface area contributed by atoms with Gasteiger partial charge in [-0.2, -0.15) is 0 Å². The van der Waals surface area contributed by atoms with Crippen molar-refractivity contribution in [3.05, 3.63) is 94.5 Å². The van der Waals surface area contributed by atoms with Crippen molar-refractivity contribution in [3.63, 3.8) is 0 Å². The molecule has 2 aliphatic rings. The maximum absolute atomic E-state index is 13.0. The zero-order chi connectivity index (χ0) is 21.4. The van der Waals surface area contributed by atoms with Crippen molar-refractivity contribution in [1.29, 1.82) is 0 Å². The number of nitrogens with zero attached hydrogens (tertiary/aromatic N) is 1. The van der Waals surface area contributed by atoms with E-state index in [-0.39, 0.29) is 23.9 Å². The van der Waals surface area contributed by atoms with Crippen LogP contribution < -0.4 is 0 Å². The predicted molar refractivity (Wildman–Crippen MR) is 120 cm³/mol. The minimum absolute atomic E-state index is 0.0258. The SMILES string of the molecule is O=C(OC1c2ccccc2-c2ccccc21)C1CCN(C(=O)c2ccc(Cl)cc2)CC1. The number of hydrogen-bond acceptors (Lipinski definition) is 3. The Morgan fingerprint density at radius 2 is 1.35 bits per heavy atom. The third-order valence-electron chi connectivity index (χ3n) is 6.22. The highest BCUT2D eigenvalue weighted by atomic mass is 35.5. The van der Waals surface area contributed by atoms with Crippen LogP contribution in [0.5, 0.6) is 0 Å². The van der Waals surface area contributed by atoms with Gasteiger partial charge >= 0.3 is 5.97 Å². The molecule has 1 saturated heterocycles. The number of ether oxygens (including phenoxy) is 1. The first kappa shape index (κ1) is 19.8. The van der Waals surface area contributed by atoms with Crippen molar-refractivity contribution in [3.8, 4) is 11.1 Å². The minimum Gasteiger partial charge on any atom is -0.452 e. The van der Waals surface area contributed by atoms with Crippen LogP contribution in [0, 0.1) is 5.92 Å². The van der Waals surface area contributed by atoms with Gasteiger partial charge in [-0.15, -0.1) is 0 Å². The number of carbonyl (C=O) groups is 2. The van der Waals surface area contributed by atoms with Crippen molar-refractivity contribution < 1.29 is 14.3 Å². The standard InChI is InChI=1S/C26H22ClNO3/c27-19-11-9-17(10-12-19)25(29)28-15-13-18(14-16-28)26(30)31-24-22-7-3-1-5-20(22)21-6-2-4-8-23(21)24/h1-12,18,24H,13-16H2. The molecule has 4 nitrogen and oxygen atoms in total. The molecule has 3 aromatic carbocycles. The van der Waals surface area contributed by atoms with E-state index in [4.69, 9.17) is 16.3 Å². The van der Waals surface area contributed by atoms with E-state index in [9.17, 15) is 9.59 Å². The fraction of sp³-hybridized carbons (Fsp3) is 0.231. The molecular formula is C26H22ClNO3. The van der Waals surface area contributed by atoms with Gasteiger partial charge in [0.05, 0.1) is 5.92 Å². The van der Waals surface area contributed by atoms with Crippen molar-refractivity contribution in [2.24, 2.45) is 5.92 Å². The molecule has 1 aliphatic carbocycles. The van der Waals surface area contributed by atoms with Crippen LogP contribution in [0.1, 0.15) is 40.4 Å². The van der Waals surface area contributed by atoms with Crippen molar-refractivity contribution in [1.82, 2.24) is 4.90 Å². The topological polar surface area (TPSA) is 46.6 Å². The Kier molecular flexibility index (Phi) is 5.24. The van der Waals surface area contributed by atoms with Gasteiger partial charge in [0.15, 0.2) is 6.10 Å². The summed E-state index contributed by atoms with van der Waals surface area (Å²) in [6.45, 7) is 1.08. The molecule has 1 amide bonds. The lowest BCUT2D eigenvalue weighted by Crippen LogP contribution is -2.40. The first-order valence-corrected chi connectivity index (χ1v) is 10.9. The zero-order valence-corrected chi connectivity index (χ0v) is 17.7. The third kappa shape index (κ3) is 3.72. The van der Waals surface area contributed by atoms with Crippen molar-refractivity contribution >= 4 is 23.5 Å². The smallest absolute Gasteiger partial charge is 0.310 e. The number of hydrogen-bond donors (Lipinski definition) is 0. The summed E-state index contributed by atoms with van der Waals surface area (Å²) in [6, 6.07) is 23.1.